The number of nitrogens with one attached hydrogen (secondary N) is 3. The normalized spacial score (nSPS) is 12.0. The first-order chi connectivity index (χ1) is 18.4. The molecule has 0 aliphatic heterocycles. The molecular formula is C28H31ClFN5O3S. The molecule has 0 saturated heterocycles. The number of rotatable bonds is 9. The van der Waals surface area contributed by atoms with Gasteiger partial charge in [-0.05, 0) is 74.4 Å². The highest BCUT2D eigenvalue weighted by Gasteiger charge is 2.19. The lowest BCUT2D eigenvalue weighted by molar-refractivity contribution is 0.232. The van der Waals surface area contributed by atoms with Crippen molar-refractivity contribution in [3.05, 3.63) is 94.5 Å². The quantitative estimate of drug-likeness (QED) is 0.263. The van der Waals surface area contributed by atoms with Crippen molar-refractivity contribution in [1.29, 1.82) is 0 Å². The van der Waals surface area contributed by atoms with Crippen LogP contribution in [-0.2, 0) is 29.5 Å². The van der Waals surface area contributed by atoms with Gasteiger partial charge in [0.1, 0.15) is 11.6 Å². The van der Waals surface area contributed by atoms with Crippen LogP contribution in [0.15, 0.2) is 71.6 Å². The molecule has 4 aromatic rings. The van der Waals surface area contributed by atoms with E-state index in [1.54, 1.807) is 6.07 Å². The average molecular weight is 572 g/mol. The Morgan fingerprint density at radius 2 is 1.67 bits per heavy atom. The van der Waals surface area contributed by atoms with E-state index >= 15 is 0 Å². The topological polar surface area (TPSA) is 105 Å². The molecule has 2 amide bonds. The molecular weight excluding hydrogens is 541 g/mol. The zero-order chi connectivity index (χ0) is 28.2. The Bertz CT molecular complexity index is 1560. The van der Waals surface area contributed by atoms with Crippen LogP contribution in [0.3, 0.4) is 0 Å². The summed E-state index contributed by atoms with van der Waals surface area (Å²) in [5.41, 5.74) is 2.55. The molecule has 0 radical (unpaired) electrons. The lowest BCUT2D eigenvalue weighted by Crippen LogP contribution is -2.46. The summed E-state index contributed by atoms with van der Waals surface area (Å²) < 4.78 is 43.7. The fraction of sp³-hybridized carbons (Fsp3) is 0.286. The van der Waals surface area contributed by atoms with Gasteiger partial charge in [0.25, 0.3) is 0 Å². The van der Waals surface area contributed by atoms with Crippen molar-refractivity contribution < 1.29 is 17.6 Å². The smallest absolute Gasteiger partial charge is 0.315 e. The minimum atomic E-state index is -3.85. The molecule has 0 spiro atoms. The van der Waals surface area contributed by atoms with Crippen LogP contribution in [0.25, 0.3) is 11.0 Å². The second kappa shape index (κ2) is 11.7. The Kier molecular flexibility index (Phi) is 8.58. The number of carbonyl (C=O) groups excluding carboxylic acids is 1. The maximum Gasteiger partial charge on any atom is 0.315 e. The third kappa shape index (κ3) is 7.78. The summed E-state index contributed by atoms with van der Waals surface area (Å²) in [4.78, 5) is 17.0. The first-order valence-electron chi connectivity index (χ1n) is 12.4. The SMILES string of the molecule is CC(C)(C)NC(=O)NCCc1nc2cc(S(=O)(=O)NCc3ccc(F)cc3)ccc2n1Cc1ccc(Cl)cc1. The first kappa shape index (κ1) is 28.5. The Morgan fingerprint density at radius 3 is 2.33 bits per heavy atom. The number of hydrogen-bond acceptors (Lipinski definition) is 4. The Balaban J connectivity index is 1.58. The number of benzene rings is 3. The van der Waals surface area contributed by atoms with Gasteiger partial charge in [-0.25, -0.2) is 27.3 Å². The number of nitrogens with zero attached hydrogens (tertiary/aromatic N) is 2. The van der Waals surface area contributed by atoms with Crippen molar-refractivity contribution >= 4 is 38.7 Å². The van der Waals surface area contributed by atoms with E-state index in [1.807, 2.05) is 49.6 Å². The lowest BCUT2D eigenvalue weighted by atomic mass is 10.1. The van der Waals surface area contributed by atoms with Crippen LogP contribution in [0.5, 0.6) is 0 Å². The summed E-state index contributed by atoms with van der Waals surface area (Å²) in [6, 6.07) is 17.6. The number of fused-ring (bicyclic) bond motifs is 1. The molecule has 3 N–H and O–H groups in total. The van der Waals surface area contributed by atoms with E-state index in [9.17, 15) is 17.6 Å². The van der Waals surface area contributed by atoms with Crippen LogP contribution in [0.2, 0.25) is 5.02 Å². The van der Waals surface area contributed by atoms with Gasteiger partial charge in [-0.15, -0.1) is 0 Å². The number of carbonyl (C=O) groups is 1. The van der Waals surface area contributed by atoms with Gasteiger partial charge in [-0.2, -0.15) is 0 Å². The van der Waals surface area contributed by atoms with Crippen LogP contribution in [0.4, 0.5) is 9.18 Å². The van der Waals surface area contributed by atoms with Gasteiger partial charge in [0, 0.05) is 36.6 Å². The number of amides is 2. The number of hydrogen-bond donors (Lipinski definition) is 3. The fourth-order valence-electron chi connectivity index (χ4n) is 4.00. The van der Waals surface area contributed by atoms with Gasteiger partial charge in [0.2, 0.25) is 10.0 Å². The molecule has 0 bridgehead atoms. The molecule has 3 aromatic carbocycles. The summed E-state index contributed by atoms with van der Waals surface area (Å²) >= 11 is 6.05. The monoisotopic (exact) mass is 571 g/mol. The molecule has 0 unspecified atom stereocenters. The van der Waals surface area contributed by atoms with Gasteiger partial charge in [-0.3, -0.25) is 0 Å². The van der Waals surface area contributed by atoms with E-state index in [0.29, 0.717) is 41.4 Å². The van der Waals surface area contributed by atoms with Crippen LogP contribution < -0.4 is 15.4 Å². The summed E-state index contributed by atoms with van der Waals surface area (Å²) in [5.74, 6) is 0.312. The molecule has 4 rings (SSSR count). The van der Waals surface area contributed by atoms with Crippen molar-refractivity contribution in [3.8, 4) is 0 Å². The van der Waals surface area contributed by atoms with E-state index in [1.165, 1.54) is 36.4 Å². The summed E-state index contributed by atoms with van der Waals surface area (Å²) in [6.07, 6.45) is 0.435. The maximum atomic E-state index is 13.2. The van der Waals surface area contributed by atoms with Crippen molar-refractivity contribution in [2.24, 2.45) is 0 Å². The molecule has 0 fully saturated rings. The number of halogens is 2. The van der Waals surface area contributed by atoms with Crippen LogP contribution >= 0.6 is 11.6 Å². The number of aromatic nitrogens is 2. The molecule has 1 aromatic heterocycles. The molecule has 0 atom stereocenters. The highest BCUT2D eigenvalue weighted by molar-refractivity contribution is 7.89. The second-order valence-electron chi connectivity index (χ2n) is 10.2. The number of imidazole rings is 1. The van der Waals surface area contributed by atoms with Gasteiger partial charge < -0.3 is 15.2 Å². The van der Waals surface area contributed by atoms with Crippen molar-refractivity contribution in [2.45, 2.75) is 50.7 Å². The fourth-order valence-corrected chi connectivity index (χ4v) is 5.17. The van der Waals surface area contributed by atoms with E-state index in [2.05, 4.69) is 15.4 Å². The highest BCUT2D eigenvalue weighted by atomic mass is 35.5. The summed E-state index contributed by atoms with van der Waals surface area (Å²) in [7, 11) is -3.85. The molecule has 0 saturated carbocycles. The maximum absolute atomic E-state index is 13.2. The standard InChI is InChI=1S/C28H31ClFN5O3S/c1-28(2,3)34-27(36)31-15-14-26-33-24-16-23(39(37,38)32-17-19-6-10-22(30)11-7-19)12-13-25(24)35(26)18-20-4-8-21(29)9-5-20/h4-13,16,32H,14-15,17-18H2,1-3H3,(H2,31,34,36). The minimum absolute atomic E-state index is 0.0270. The molecule has 0 aliphatic rings. The molecule has 8 nitrogen and oxygen atoms in total. The highest BCUT2D eigenvalue weighted by Crippen LogP contribution is 2.23. The first-order valence-corrected chi connectivity index (χ1v) is 14.3. The zero-order valence-electron chi connectivity index (χ0n) is 22.0. The molecule has 206 valence electrons. The van der Waals surface area contributed by atoms with Gasteiger partial charge in [-0.1, -0.05) is 35.9 Å². The lowest BCUT2D eigenvalue weighted by Gasteiger charge is -2.20. The Labute approximate surface area is 232 Å². The van der Waals surface area contributed by atoms with Gasteiger partial charge >= 0.3 is 6.03 Å². The van der Waals surface area contributed by atoms with Gasteiger partial charge in [0.05, 0.1) is 15.9 Å². The molecule has 1 heterocycles. The van der Waals surface area contributed by atoms with Crippen molar-refractivity contribution in [2.75, 3.05) is 6.54 Å². The average Bonchev–Trinajstić information content (AvgIpc) is 3.20. The van der Waals surface area contributed by atoms with Crippen LogP contribution in [0.1, 0.15) is 37.7 Å². The van der Waals surface area contributed by atoms with E-state index < -0.39 is 10.0 Å². The predicted octanol–water partition coefficient (Wildman–Crippen LogP) is 5.00. The number of sulfonamides is 1. The third-order valence-corrected chi connectivity index (χ3v) is 7.52. The summed E-state index contributed by atoms with van der Waals surface area (Å²) in [5, 5.41) is 6.34. The number of urea groups is 1. The van der Waals surface area contributed by atoms with Gasteiger partial charge in [0.15, 0.2) is 0 Å². The van der Waals surface area contributed by atoms with E-state index in [0.717, 1.165) is 11.1 Å². The largest absolute Gasteiger partial charge is 0.338 e. The molecule has 0 aliphatic carbocycles. The van der Waals surface area contributed by atoms with Crippen LogP contribution in [0, 0.1) is 5.82 Å². The van der Waals surface area contributed by atoms with Crippen molar-refractivity contribution in [3.63, 3.8) is 0 Å². The summed E-state index contributed by atoms with van der Waals surface area (Å²) in [6.45, 7) is 6.57. The molecule has 11 heteroatoms. The Morgan fingerprint density at radius 1 is 1.00 bits per heavy atom. The predicted molar refractivity (Wildman–Crippen MR) is 151 cm³/mol. The van der Waals surface area contributed by atoms with E-state index in [-0.39, 0.29) is 28.8 Å². The Hall–Kier alpha value is -3.47. The zero-order valence-corrected chi connectivity index (χ0v) is 23.5. The molecule has 39 heavy (non-hydrogen) atoms. The van der Waals surface area contributed by atoms with E-state index in [4.69, 9.17) is 16.6 Å². The second-order valence-corrected chi connectivity index (χ2v) is 12.4. The minimum Gasteiger partial charge on any atom is -0.338 e. The van der Waals surface area contributed by atoms with Crippen LogP contribution in [-0.4, -0.2) is 36.1 Å². The third-order valence-electron chi connectivity index (χ3n) is 5.87. The van der Waals surface area contributed by atoms with Crippen molar-refractivity contribution in [1.82, 2.24) is 24.9 Å².